The Morgan fingerprint density at radius 3 is 2.75 bits per heavy atom. The second-order valence-corrected chi connectivity index (χ2v) is 9.06. The minimum Gasteiger partial charge on any atom is -0.504 e. The number of benzene rings is 2. The maximum absolute atomic E-state index is 12.7. The molecule has 0 saturated heterocycles. The Morgan fingerprint density at radius 2 is 2.06 bits per heavy atom. The summed E-state index contributed by atoms with van der Waals surface area (Å²) < 4.78 is 13.0. The zero-order chi connectivity index (χ0) is 26.1. The summed E-state index contributed by atoms with van der Waals surface area (Å²) in [6.07, 6.45) is 0.321. The van der Waals surface area contributed by atoms with Crippen LogP contribution in [0.3, 0.4) is 0 Å². The molecule has 36 heavy (non-hydrogen) atoms. The van der Waals surface area contributed by atoms with Gasteiger partial charge in [0.05, 0.1) is 30.7 Å². The summed E-state index contributed by atoms with van der Waals surface area (Å²) in [4.78, 5) is 12.7. The van der Waals surface area contributed by atoms with E-state index < -0.39 is 23.5 Å². The van der Waals surface area contributed by atoms with E-state index in [2.05, 4.69) is 26.9 Å². The predicted molar refractivity (Wildman–Crippen MR) is 131 cm³/mol. The number of hydrogen-bond acceptors (Lipinski definition) is 9. The highest BCUT2D eigenvalue weighted by Crippen LogP contribution is 2.27. The summed E-state index contributed by atoms with van der Waals surface area (Å²) in [5.74, 6) is 0.707. The molecule has 12 heteroatoms. The first-order chi connectivity index (χ1) is 17.2. The third-order valence-corrected chi connectivity index (χ3v) is 5.40. The van der Waals surface area contributed by atoms with Gasteiger partial charge in [-0.3, -0.25) is 4.79 Å². The zero-order valence-corrected chi connectivity index (χ0v) is 20.7. The number of nitrogens with zero attached hydrogens (tertiary/aromatic N) is 5. The largest absolute Gasteiger partial charge is 0.504 e. The molecule has 0 aliphatic rings. The highest BCUT2D eigenvalue weighted by atomic mass is 35.5. The van der Waals surface area contributed by atoms with Gasteiger partial charge in [-0.2, -0.15) is 5.26 Å². The van der Waals surface area contributed by atoms with Gasteiger partial charge in [-0.25, -0.2) is 4.68 Å². The number of nitrogens with two attached hydrogens (primary N) is 1. The number of tetrazole rings is 1. The van der Waals surface area contributed by atoms with E-state index in [0.29, 0.717) is 23.0 Å². The molecule has 2 atom stereocenters. The summed E-state index contributed by atoms with van der Waals surface area (Å²) in [5, 5.41) is 34.8. The first-order valence-corrected chi connectivity index (χ1v) is 11.6. The van der Waals surface area contributed by atoms with Crippen LogP contribution in [0.4, 0.5) is 0 Å². The number of nitriles is 1. The molecule has 3 aromatic rings. The smallest absolute Gasteiger partial charge is 0.240 e. The number of carbonyl (C=O) groups excluding carboxylic acids is 1. The van der Waals surface area contributed by atoms with Crippen LogP contribution in [0.15, 0.2) is 48.5 Å². The van der Waals surface area contributed by atoms with Gasteiger partial charge in [0.15, 0.2) is 17.3 Å². The highest BCUT2D eigenvalue weighted by molar-refractivity contribution is 6.30. The van der Waals surface area contributed by atoms with Crippen molar-refractivity contribution in [3.05, 3.63) is 59.4 Å². The van der Waals surface area contributed by atoms with Crippen LogP contribution in [0.1, 0.15) is 44.6 Å². The average molecular weight is 514 g/mol. The van der Waals surface area contributed by atoms with E-state index in [0.717, 1.165) is 0 Å². The van der Waals surface area contributed by atoms with Gasteiger partial charge in [0, 0.05) is 11.4 Å². The van der Waals surface area contributed by atoms with Gasteiger partial charge in [0.1, 0.15) is 18.4 Å². The Bertz CT molecular complexity index is 1210. The second kappa shape index (κ2) is 12.2. The molecule has 11 nitrogen and oxygen atoms in total. The van der Waals surface area contributed by atoms with E-state index in [-0.39, 0.29) is 31.1 Å². The maximum Gasteiger partial charge on any atom is 0.240 e. The summed E-state index contributed by atoms with van der Waals surface area (Å²) in [6, 6.07) is 14.3. The Hall–Kier alpha value is -3.88. The van der Waals surface area contributed by atoms with Crippen LogP contribution >= 0.6 is 11.6 Å². The van der Waals surface area contributed by atoms with E-state index in [1.165, 1.54) is 10.7 Å². The molecule has 1 aromatic heterocycles. The lowest BCUT2D eigenvalue weighted by atomic mass is 10.0. The third kappa shape index (κ3) is 7.31. The number of ether oxygens (including phenoxy) is 2. The maximum atomic E-state index is 12.7. The van der Waals surface area contributed by atoms with Gasteiger partial charge < -0.3 is 25.6 Å². The summed E-state index contributed by atoms with van der Waals surface area (Å²) >= 11 is 6.02. The average Bonchev–Trinajstić information content (AvgIpc) is 3.31. The normalized spacial score (nSPS) is 12.9. The van der Waals surface area contributed by atoms with Crippen molar-refractivity contribution in [3.63, 3.8) is 0 Å². The molecular formula is C24H28ClN7O4. The van der Waals surface area contributed by atoms with Crippen LogP contribution in [0, 0.1) is 11.3 Å². The van der Waals surface area contributed by atoms with Crippen molar-refractivity contribution in [2.24, 2.45) is 5.73 Å². The lowest BCUT2D eigenvalue weighted by Gasteiger charge is -2.25. The number of aromatic nitrogens is 4. The van der Waals surface area contributed by atoms with Crippen LogP contribution in [-0.2, 0) is 4.79 Å². The van der Waals surface area contributed by atoms with Crippen LogP contribution in [-0.4, -0.2) is 50.0 Å². The minimum absolute atomic E-state index is 0.00519. The molecule has 2 aromatic carbocycles. The van der Waals surface area contributed by atoms with Crippen LogP contribution in [0.5, 0.6) is 17.2 Å². The quantitative estimate of drug-likeness (QED) is 0.330. The fourth-order valence-electron chi connectivity index (χ4n) is 3.24. The van der Waals surface area contributed by atoms with Crippen molar-refractivity contribution < 1.29 is 19.4 Å². The lowest BCUT2D eigenvalue weighted by Crippen LogP contribution is -2.50. The number of aromatic hydroxyl groups is 1. The standard InChI is InChI=1S/C24H28ClN7O4/c1-24(2,27)23(34)28-19(11-13-35-18-7-5-6-16(25)14-18)22-29-30-31-32(22)17(10-12-26)15-36-21-9-4-3-8-20(21)33/h3-9,14,17,19,33H,10-11,13,15,27H2,1-2H3,(H,28,34)/t17-,19-/m1/s1. The first-order valence-electron chi connectivity index (χ1n) is 11.2. The predicted octanol–water partition coefficient (Wildman–Crippen LogP) is 2.93. The molecule has 0 fully saturated rings. The molecule has 4 N–H and O–H groups in total. The van der Waals surface area contributed by atoms with Crippen molar-refractivity contribution in [1.82, 2.24) is 25.5 Å². The SMILES string of the molecule is CC(C)(N)C(=O)N[C@H](CCOc1cccc(Cl)c1)c1nnnn1[C@H](CC#N)COc1ccccc1O. The first kappa shape index (κ1) is 26.7. The van der Waals surface area contributed by atoms with Gasteiger partial charge in [0.25, 0.3) is 0 Å². The lowest BCUT2D eigenvalue weighted by molar-refractivity contribution is -0.126. The number of phenols is 1. The third-order valence-electron chi connectivity index (χ3n) is 5.16. The molecule has 0 bridgehead atoms. The number of carbonyl (C=O) groups is 1. The molecule has 1 heterocycles. The van der Waals surface area contributed by atoms with Gasteiger partial charge in [0.2, 0.25) is 5.91 Å². The van der Waals surface area contributed by atoms with Crippen molar-refractivity contribution in [3.8, 4) is 23.3 Å². The van der Waals surface area contributed by atoms with Crippen LogP contribution < -0.4 is 20.5 Å². The summed E-state index contributed by atoms with van der Waals surface area (Å²) in [5.41, 5.74) is 4.84. The highest BCUT2D eigenvalue weighted by Gasteiger charge is 2.30. The van der Waals surface area contributed by atoms with E-state index in [1.54, 1.807) is 56.3 Å². The summed E-state index contributed by atoms with van der Waals surface area (Å²) in [7, 11) is 0. The number of halogens is 1. The van der Waals surface area contributed by atoms with Gasteiger partial charge in [-0.05, 0) is 54.6 Å². The van der Waals surface area contributed by atoms with E-state index in [9.17, 15) is 15.2 Å². The fourth-order valence-corrected chi connectivity index (χ4v) is 3.42. The molecular weight excluding hydrogens is 486 g/mol. The number of amides is 1. The molecule has 190 valence electrons. The monoisotopic (exact) mass is 513 g/mol. The molecule has 0 aliphatic carbocycles. The minimum atomic E-state index is -1.15. The summed E-state index contributed by atoms with van der Waals surface area (Å²) in [6.45, 7) is 3.39. The Labute approximate surface area is 213 Å². The van der Waals surface area contributed by atoms with Crippen molar-refractivity contribution >= 4 is 17.5 Å². The Morgan fingerprint density at radius 1 is 1.28 bits per heavy atom. The van der Waals surface area contributed by atoms with E-state index in [1.807, 2.05) is 0 Å². The van der Waals surface area contributed by atoms with Crippen molar-refractivity contribution in [2.45, 2.75) is 44.3 Å². The van der Waals surface area contributed by atoms with Gasteiger partial charge >= 0.3 is 0 Å². The number of hydrogen-bond donors (Lipinski definition) is 3. The molecule has 1 amide bonds. The van der Waals surface area contributed by atoms with Crippen LogP contribution in [0.2, 0.25) is 5.02 Å². The van der Waals surface area contributed by atoms with Gasteiger partial charge in [-0.15, -0.1) is 5.10 Å². The zero-order valence-electron chi connectivity index (χ0n) is 20.0. The molecule has 0 unspecified atom stereocenters. The van der Waals surface area contributed by atoms with E-state index in [4.69, 9.17) is 26.8 Å². The van der Waals surface area contributed by atoms with E-state index >= 15 is 0 Å². The number of nitrogens with one attached hydrogen (secondary N) is 1. The van der Waals surface area contributed by atoms with Crippen LogP contribution in [0.25, 0.3) is 0 Å². The number of para-hydroxylation sites is 2. The fraction of sp³-hybridized carbons (Fsp3) is 0.375. The molecule has 0 radical (unpaired) electrons. The van der Waals surface area contributed by atoms with Gasteiger partial charge in [-0.1, -0.05) is 29.8 Å². The second-order valence-electron chi connectivity index (χ2n) is 8.62. The van der Waals surface area contributed by atoms with Crippen molar-refractivity contribution in [2.75, 3.05) is 13.2 Å². The topological polar surface area (TPSA) is 161 Å². The van der Waals surface area contributed by atoms with Crippen molar-refractivity contribution in [1.29, 1.82) is 5.26 Å². The number of phenolic OH excluding ortho intramolecular Hbond substituents is 1. The molecule has 0 spiro atoms. The number of rotatable bonds is 12. The molecule has 0 aliphatic heterocycles. The Balaban J connectivity index is 1.81. The Kier molecular flexibility index (Phi) is 9.05. The molecule has 3 rings (SSSR count). The molecule has 0 saturated carbocycles.